The Bertz CT molecular complexity index is 850. The number of nitrogens with zero attached hydrogens (tertiary/aromatic N) is 2. The Morgan fingerprint density at radius 3 is 2.36 bits per heavy atom. The maximum atomic E-state index is 6.01. The second-order valence-electron chi connectivity index (χ2n) is 7.00. The van der Waals surface area contributed by atoms with E-state index < -0.39 is 0 Å². The van der Waals surface area contributed by atoms with Crippen LogP contribution >= 0.6 is 12.4 Å². The van der Waals surface area contributed by atoms with Gasteiger partial charge in [0.2, 0.25) is 5.88 Å². The van der Waals surface area contributed by atoms with Crippen LogP contribution < -0.4 is 4.74 Å². The van der Waals surface area contributed by atoms with Gasteiger partial charge in [0, 0.05) is 23.8 Å². The molecule has 0 atom stereocenters. The second-order valence-corrected chi connectivity index (χ2v) is 7.00. The lowest BCUT2D eigenvalue weighted by atomic mass is 10.1. The van der Waals surface area contributed by atoms with Crippen LogP contribution in [-0.2, 0) is 6.54 Å². The predicted molar refractivity (Wildman–Crippen MR) is 107 cm³/mol. The summed E-state index contributed by atoms with van der Waals surface area (Å²) in [5.41, 5.74) is 6.25. The SMILES string of the molecule is Cc1ccc(Cn2c(C)c(C)c3ccnc(OCC(C)C)c32)cc1.Cl. The molecule has 0 radical (unpaired) electrons. The average molecular weight is 359 g/mol. The molecule has 3 nitrogen and oxygen atoms in total. The van der Waals surface area contributed by atoms with Crippen molar-refractivity contribution in [3.8, 4) is 5.88 Å². The molecular weight excluding hydrogens is 332 g/mol. The van der Waals surface area contributed by atoms with E-state index >= 15 is 0 Å². The fourth-order valence-corrected chi connectivity index (χ4v) is 2.99. The monoisotopic (exact) mass is 358 g/mol. The maximum absolute atomic E-state index is 6.01. The molecule has 3 aromatic rings. The number of hydrogen-bond acceptors (Lipinski definition) is 2. The van der Waals surface area contributed by atoms with Gasteiger partial charge in [0.15, 0.2) is 0 Å². The fourth-order valence-electron chi connectivity index (χ4n) is 2.99. The molecular formula is C21H27ClN2O. The van der Waals surface area contributed by atoms with Crippen LogP contribution in [0.2, 0.25) is 0 Å². The van der Waals surface area contributed by atoms with Gasteiger partial charge < -0.3 is 9.30 Å². The van der Waals surface area contributed by atoms with Crippen molar-refractivity contribution in [2.24, 2.45) is 5.92 Å². The minimum Gasteiger partial charge on any atom is -0.476 e. The van der Waals surface area contributed by atoms with E-state index in [1.807, 2.05) is 6.20 Å². The normalized spacial score (nSPS) is 11.0. The van der Waals surface area contributed by atoms with Crippen molar-refractivity contribution in [2.75, 3.05) is 6.61 Å². The Hall–Kier alpha value is -2.00. The van der Waals surface area contributed by atoms with Crippen LogP contribution in [0.25, 0.3) is 10.9 Å². The number of aromatic nitrogens is 2. The Morgan fingerprint density at radius 1 is 1.04 bits per heavy atom. The largest absolute Gasteiger partial charge is 0.476 e. The molecule has 0 spiro atoms. The average Bonchev–Trinajstić information content (AvgIpc) is 2.80. The molecule has 2 heterocycles. The van der Waals surface area contributed by atoms with Crippen molar-refractivity contribution in [1.82, 2.24) is 9.55 Å². The standard InChI is InChI=1S/C21H26N2O.ClH/c1-14(2)13-24-21-20-19(10-11-22-21)16(4)17(5)23(20)12-18-8-6-15(3)7-9-18;/h6-11,14H,12-13H2,1-5H3;1H. The third-order valence-corrected chi connectivity index (χ3v) is 4.53. The highest BCUT2D eigenvalue weighted by atomic mass is 35.5. The van der Waals surface area contributed by atoms with Gasteiger partial charge in [-0.15, -0.1) is 12.4 Å². The lowest BCUT2D eigenvalue weighted by molar-refractivity contribution is 0.263. The van der Waals surface area contributed by atoms with Gasteiger partial charge in [-0.2, -0.15) is 0 Å². The lowest BCUT2D eigenvalue weighted by Gasteiger charge is -2.13. The first-order chi connectivity index (χ1) is 11.5. The van der Waals surface area contributed by atoms with E-state index in [0.717, 1.165) is 17.9 Å². The third-order valence-electron chi connectivity index (χ3n) is 4.53. The Kier molecular flexibility index (Phi) is 6.12. The summed E-state index contributed by atoms with van der Waals surface area (Å²) in [5, 5.41) is 1.23. The van der Waals surface area contributed by atoms with Crippen molar-refractivity contribution in [2.45, 2.75) is 41.2 Å². The Balaban J connectivity index is 0.00000225. The first kappa shape index (κ1) is 19.3. The first-order valence-corrected chi connectivity index (χ1v) is 8.60. The number of aryl methyl sites for hydroxylation is 2. The van der Waals surface area contributed by atoms with E-state index in [-0.39, 0.29) is 12.4 Å². The summed E-state index contributed by atoms with van der Waals surface area (Å²) in [6.45, 7) is 12.3. The number of ether oxygens (including phenoxy) is 1. The van der Waals surface area contributed by atoms with Crippen LogP contribution in [0.1, 0.15) is 36.2 Å². The van der Waals surface area contributed by atoms with E-state index in [1.165, 1.54) is 27.8 Å². The van der Waals surface area contributed by atoms with E-state index in [0.29, 0.717) is 12.5 Å². The number of pyridine rings is 1. The number of rotatable bonds is 5. The third kappa shape index (κ3) is 3.98. The van der Waals surface area contributed by atoms with Gasteiger partial charge in [-0.3, -0.25) is 0 Å². The predicted octanol–water partition coefficient (Wildman–Crippen LogP) is 5.47. The smallest absolute Gasteiger partial charge is 0.238 e. The zero-order valence-electron chi connectivity index (χ0n) is 15.7. The highest BCUT2D eigenvalue weighted by Crippen LogP contribution is 2.31. The van der Waals surface area contributed by atoms with Crippen LogP contribution in [0.3, 0.4) is 0 Å². The topological polar surface area (TPSA) is 27.1 Å². The zero-order chi connectivity index (χ0) is 17.3. The van der Waals surface area contributed by atoms with Crippen LogP contribution in [-0.4, -0.2) is 16.2 Å². The van der Waals surface area contributed by atoms with Crippen molar-refractivity contribution >= 4 is 23.3 Å². The van der Waals surface area contributed by atoms with E-state index in [2.05, 4.69) is 74.5 Å². The van der Waals surface area contributed by atoms with Gasteiger partial charge in [-0.25, -0.2) is 4.98 Å². The van der Waals surface area contributed by atoms with E-state index in [9.17, 15) is 0 Å². The fraction of sp³-hybridized carbons (Fsp3) is 0.381. The summed E-state index contributed by atoms with van der Waals surface area (Å²) in [4.78, 5) is 4.51. The highest BCUT2D eigenvalue weighted by molar-refractivity contribution is 5.89. The van der Waals surface area contributed by atoms with Crippen molar-refractivity contribution in [1.29, 1.82) is 0 Å². The van der Waals surface area contributed by atoms with Crippen LogP contribution in [0.15, 0.2) is 36.5 Å². The molecule has 25 heavy (non-hydrogen) atoms. The van der Waals surface area contributed by atoms with Gasteiger partial charge in [0.25, 0.3) is 0 Å². The van der Waals surface area contributed by atoms with Crippen molar-refractivity contribution < 1.29 is 4.74 Å². The Morgan fingerprint density at radius 2 is 1.72 bits per heavy atom. The van der Waals surface area contributed by atoms with Gasteiger partial charge in [0.1, 0.15) is 5.52 Å². The lowest BCUT2D eigenvalue weighted by Crippen LogP contribution is -2.08. The number of hydrogen-bond donors (Lipinski definition) is 0. The maximum Gasteiger partial charge on any atom is 0.238 e. The van der Waals surface area contributed by atoms with E-state index in [4.69, 9.17) is 4.74 Å². The second kappa shape index (κ2) is 7.92. The quantitative estimate of drug-likeness (QED) is 0.605. The van der Waals surface area contributed by atoms with Crippen LogP contribution in [0.4, 0.5) is 0 Å². The summed E-state index contributed by atoms with van der Waals surface area (Å²) in [6.07, 6.45) is 1.85. The summed E-state index contributed by atoms with van der Waals surface area (Å²) in [5.74, 6) is 1.22. The van der Waals surface area contributed by atoms with Gasteiger partial charge >= 0.3 is 0 Å². The van der Waals surface area contributed by atoms with Crippen molar-refractivity contribution in [3.63, 3.8) is 0 Å². The molecule has 0 aliphatic rings. The molecule has 0 N–H and O–H groups in total. The van der Waals surface area contributed by atoms with Gasteiger partial charge in [0.05, 0.1) is 6.61 Å². The molecule has 134 valence electrons. The molecule has 0 unspecified atom stereocenters. The number of halogens is 1. The van der Waals surface area contributed by atoms with Crippen molar-refractivity contribution in [3.05, 3.63) is 58.9 Å². The molecule has 1 aromatic carbocycles. The molecule has 2 aromatic heterocycles. The molecule has 4 heteroatoms. The number of benzene rings is 1. The molecule has 3 rings (SSSR count). The van der Waals surface area contributed by atoms with Crippen LogP contribution in [0, 0.1) is 26.7 Å². The molecule has 0 bridgehead atoms. The summed E-state index contributed by atoms with van der Waals surface area (Å²) < 4.78 is 8.35. The zero-order valence-corrected chi connectivity index (χ0v) is 16.5. The summed E-state index contributed by atoms with van der Waals surface area (Å²) in [7, 11) is 0. The minimum absolute atomic E-state index is 0. The number of fused-ring (bicyclic) bond motifs is 1. The molecule has 0 aliphatic carbocycles. The minimum atomic E-state index is 0. The molecule has 0 fully saturated rings. The van der Waals surface area contributed by atoms with Crippen LogP contribution in [0.5, 0.6) is 5.88 Å². The molecule has 0 saturated heterocycles. The highest BCUT2D eigenvalue weighted by Gasteiger charge is 2.16. The van der Waals surface area contributed by atoms with Gasteiger partial charge in [-0.05, 0) is 43.9 Å². The Labute approximate surface area is 156 Å². The first-order valence-electron chi connectivity index (χ1n) is 8.60. The molecule has 0 saturated carbocycles. The molecule has 0 amide bonds. The summed E-state index contributed by atoms with van der Waals surface area (Å²) >= 11 is 0. The van der Waals surface area contributed by atoms with Gasteiger partial charge in [-0.1, -0.05) is 43.7 Å². The summed E-state index contributed by atoms with van der Waals surface area (Å²) in [6, 6.07) is 10.8. The molecule has 0 aliphatic heterocycles. The van der Waals surface area contributed by atoms with E-state index in [1.54, 1.807) is 0 Å².